The second kappa shape index (κ2) is 6.97. The van der Waals surface area contributed by atoms with Gasteiger partial charge in [0, 0.05) is 12.6 Å². The van der Waals surface area contributed by atoms with Crippen LogP contribution in [-0.2, 0) is 4.79 Å². The average molecular weight is 242 g/mol. The molecule has 1 rings (SSSR count). The fourth-order valence-corrected chi connectivity index (χ4v) is 2.37. The first-order valence-electron chi connectivity index (χ1n) is 6.77. The summed E-state index contributed by atoms with van der Waals surface area (Å²) in [6.45, 7) is 7.61. The maximum atomic E-state index is 12.0. The van der Waals surface area contributed by atoms with Gasteiger partial charge in [0.15, 0.2) is 0 Å². The Balaban J connectivity index is 2.39. The third-order valence-electron chi connectivity index (χ3n) is 3.47. The van der Waals surface area contributed by atoms with Crippen molar-refractivity contribution in [3.8, 4) is 0 Å². The molecule has 2 unspecified atom stereocenters. The maximum Gasteiger partial charge on any atom is 0.237 e. The molecule has 1 amide bonds. The Morgan fingerprint density at radius 2 is 2.24 bits per heavy atom. The number of amides is 1. The molecule has 0 aromatic heterocycles. The molecule has 2 N–H and O–H groups in total. The molecule has 1 saturated heterocycles. The number of likely N-dealkylation sites (tertiary alicyclic amines) is 1. The molecule has 4 heteroatoms. The predicted octanol–water partition coefficient (Wildman–Crippen LogP) is 1.14. The van der Waals surface area contributed by atoms with Gasteiger partial charge in [0.25, 0.3) is 0 Å². The minimum atomic E-state index is -0.271. The zero-order valence-electron chi connectivity index (χ0n) is 11.3. The molecule has 0 aromatic carbocycles. The summed E-state index contributed by atoms with van der Waals surface area (Å²) in [5.41, 5.74) is 0. The largest absolute Gasteiger partial charge is 0.392 e. The number of nitrogens with zero attached hydrogens (tertiary/aromatic N) is 1. The summed E-state index contributed by atoms with van der Waals surface area (Å²) in [5.74, 6) is 0.0834. The predicted molar refractivity (Wildman–Crippen MR) is 68.8 cm³/mol. The number of aliphatic hydroxyl groups is 1. The van der Waals surface area contributed by atoms with E-state index in [-0.39, 0.29) is 24.1 Å². The zero-order chi connectivity index (χ0) is 12.8. The highest BCUT2D eigenvalue weighted by Gasteiger charge is 2.26. The summed E-state index contributed by atoms with van der Waals surface area (Å²) in [6.07, 6.45) is 3.66. The normalized spacial score (nSPS) is 25.3. The molecular formula is C13H26N2O2. The molecule has 0 radical (unpaired) electrons. The maximum absolute atomic E-state index is 12.0. The number of carbonyl (C=O) groups is 1. The van der Waals surface area contributed by atoms with Gasteiger partial charge >= 0.3 is 0 Å². The fraction of sp³-hybridized carbons (Fsp3) is 0.923. The van der Waals surface area contributed by atoms with Crippen molar-refractivity contribution in [2.24, 2.45) is 0 Å². The third kappa shape index (κ3) is 4.64. The van der Waals surface area contributed by atoms with E-state index in [0.29, 0.717) is 6.54 Å². The first-order valence-corrected chi connectivity index (χ1v) is 6.77. The summed E-state index contributed by atoms with van der Waals surface area (Å²) < 4.78 is 0. The van der Waals surface area contributed by atoms with Crippen molar-refractivity contribution >= 4 is 5.91 Å². The number of carbonyl (C=O) groups excluding carboxylic acids is 1. The van der Waals surface area contributed by atoms with E-state index in [1.807, 2.05) is 13.8 Å². The average Bonchev–Trinajstić information content (AvgIpc) is 2.28. The molecular weight excluding hydrogens is 216 g/mol. The summed E-state index contributed by atoms with van der Waals surface area (Å²) in [6, 6.07) is 0.105. The number of hydrogen-bond donors (Lipinski definition) is 2. The summed E-state index contributed by atoms with van der Waals surface area (Å²) in [7, 11) is 0. The molecule has 1 aliphatic heterocycles. The Morgan fingerprint density at radius 1 is 1.53 bits per heavy atom. The first kappa shape index (κ1) is 14.5. The molecule has 0 aliphatic carbocycles. The van der Waals surface area contributed by atoms with Crippen LogP contribution in [0.1, 0.15) is 46.5 Å². The van der Waals surface area contributed by atoms with Crippen LogP contribution >= 0.6 is 0 Å². The number of β-amino-alcohol motifs (C(OH)–C–C–N with tert-alkyl or cyclic N) is 1. The van der Waals surface area contributed by atoms with E-state index in [1.54, 1.807) is 0 Å². The van der Waals surface area contributed by atoms with E-state index in [2.05, 4.69) is 17.1 Å². The Hall–Kier alpha value is -0.610. The molecule has 4 nitrogen and oxygen atoms in total. The quantitative estimate of drug-likeness (QED) is 0.760. The lowest BCUT2D eigenvalue weighted by molar-refractivity contribution is -0.127. The molecule has 0 spiro atoms. The number of piperidine rings is 1. The van der Waals surface area contributed by atoms with E-state index in [9.17, 15) is 9.90 Å². The van der Waals surface area contributed by atoms with Crippen LogP contribution in [0.2, 0.25) is 0 Å². The van der Waals surface area contributed by atoms with Crippen LogP contribution in [0.3, 0.4) is 0 Å². The number of nitrogens with one attached hydrogen (secondary N) is 1. The molecule has 0 bridgehead atoms. The number of rotatable bonds is 5. The van der Waals surface area contributed by atoms with Gasteiger partial charge in [-0.05, 0) is 39.7 Å². The van der Waals surface area contributed by atoms with Crippen LogP contribution in [0.5, 0.6) is 0 Å². The van der Waals surface area contributed by atoms with Gasteiger partial charge < -0.3 is 10.4 Å². The fourth-order valence-electron chi connectivity index (χ4n) is 2.37. The molecule has 0 saturated carbocycles. The van der Waals surface area contributed by atoms with E-state index in [0.717, 1.165) is 32.2 Å². The SMILES string of the molecule is CCCC(C)NC(=O)C(C)N1CCC[C@H](O)C1. The van der Waals surface area contributed by atoms with E-state index in [4.69, 9.17) is 0 Å². The molecule has 1 aliphatic rings. The van der Waals surface area contributed by atoms with Gasteiger partial charge in [-0.15, -0.1) is 0 Å². The lowest BCUT2D eigenvalue weighted by Crippen LogP contribution is -2.51. The Kier molecular flexibility index (Phi) is 5.92. The van der Waals surface area contributed by atoms with Crippen molar-refractivity contribution in [1.29, 1.82) is 0 Å². The Morgan fingerprint density at radius 3 is 2.82 bits per heavy atom. The van der Waals surface area contributed by atoms with Gasteiger partial charge in [0.2, 0.25) is 5.91 Å². The molecule has 17 heavy (non-hydrogen) atoms. The zero-order valence-corrected chi connectivity index (χ0v) is 11.3. The topological polar surface area (TPSA) is 52.6 Å². The van der Waals surface area contributed by atoms with Crippen LogP contribution in [0, 0.1) is 0 Å². The highest BCUT2D eigenvalue weighted by Crippen LogP contribution is 2.13. The van der Waals surface area contributed by atoms with Gasteiger partial charge in [-0.25, -0.2) is 0 Å². The van der Waals surface area contributed by atoms with Crippen LogP contribution in [0.25, 0.3) is 0 Å². The van der Waals surface area contributed by atoms with Gasteiger partial charge in [-0.3, -0.25) is 9.69 Å². The monoisotopic (exact) mass is 242 g/mol. The third-order valence-corrected chi connectivity index (χ3v) is 3.47. The standard InChI is InChI=1S/C13H26N2O2/c1-4-6-10(2)14-13(17)11(3)15-8-5-7-12(16)9-15/h10-12,16H,4-9H2,1-3H3,(H,14,17)/t10?,11?,12-/m0/s1. The van der Waals surface area contributed by atoms with Crippen molar-refractivity contribution in [3.63, 3.8) is 0 Å². The second-order valence-electron chi connectivity index (χ2n) is 5.17. The van der Waals surface area contributed by atoms with E-state index in [1.165, 1.54) is 0 Å². The van der Waals surface area contributed by atoms with Gasteiger partial charge in [0.05, 0.1) is 12.1 Å². The van der Waals surface area contributed by atoms with E-state index < -0.39 is 0 Å². The van der Waals surface area contributed by atoms with Crippen LogP contribution < -0.4 is 5.32 Å². The minimum Gasteiger partial charge on any atom is -0.392 e. The number of aliphatic hydroxyl groups excluding tert-OH is 1. The molecule has 1 fully saturated rings. The second-order valence-corrected chi connectivity index (χ2v) is 5.17. The van der Waals surface area contributed by atoms with Crippen LogP contribution in [0.4, 0.5) is 0 Å². The van der Waals surface area contributed by atoms with Crippen molar-refractivity contribution in [2.45, 2.75) is 64.6 Å². The van der Waals surface area contributed by atoms with Crippen molar-refractivity contribution in [3.05, 3.63) is 0 Å². The molecule has 100 valence electrons. The van der Waals surface area contributed by atoms with Gasteiger partial charge in [0.1, 0.15) is 0 Å². The van der Waals surface area contributed by atoms with Crippen LogP contribution in [0.15, 0.2) is 0 Å². The summed E-state index contributed by atoms with van der Waals surface area (Å²) >= 11 is 0. The van der Waals surface area contributed by atoms with Gasteiger partial charge in [-0.2, -0.15) is 0 Å². The lowest BCUT2D eigenvalue weighted by atomic mass is 10.1. The smallest absolute Gasteiger partial charge is 0.237 e. The van der Waals surface area contributed by atoms with Gasteiger partial charge in [-0.1, -0.05) is 13.3 Å². The van der Waals surface area contributed by atoms with Crippen molar-refractivity contribution in [1.82, 2.24) is 10.2 Å². The van der Waals surface area contributed by atoms with Crippen molar-refractivity contribution < 1.29 is 9.90 Å². The molecule has 1 heterocycles. The van der Waals surface area contributed by atoms with Crippen molar-refractivity contribution in [2.75, 3.05) is 13.1 Å². The summed E-state index contributed by atoms with van der Waals surface area (Å²) in [5, 5.41) is 12.6. The molecule has 3 atom stereocenters. The molecule has 0 aromatic rings. The number of hydrogen-bond acceptors (Lipinski definition) is 3. The summed E-state index contributed by atoms with van der Waals surface area (Å²) in [4.78, 5) is 14.1. The highest BCUT2D eigenvalue weighted by atomic mass is 16.3. The minimum absolute atomic E-state index is 0.0834. The lowest BCUT2D eigenvalue weighted by Gasteiger charge is -2.34. The first-order chi connectivity index (χ1) is 8.04. The Labute approximate surface area is 104 Å². The Bertz CT molecular complexity index is 246. The van der Waals surface area contributed by atoms with E-state index >= 15 is 0 Å². The highest BCUT2D eigenvalue weighted by molar-refractivity contribution is 5.81. The van der Waals surface area contributed by atoms with Crippen LogP contribution in [-0.4, -0.2) is 47.2 Å².